The van der Waals surface area contributed by atoms with E-state index in [2.05, 4.69) is 76.2 Å². The zero-order valence-electron chi connectivity index (χ0n) is 40.4. The van der Waals surface area contributed by atoms with Gasteiger partial charge in [0, 0.05) is 20.4 Å². The van der Waals surface area contributed by atoms with Crippen molar-refractivity contribution in [2.75, 3.05) is 0 Å². The van der Waals surface area contributed by atoms with Crippen molar-refractivity contribution in [2.45, 2.75) is 278 Å². The van der Waals surface area contributed by atoms with Gasteiger partial charge in [0.25, 0.3) is 0 Å². The van der Waals surface area contributed by atoms with Crippen LogP contribution in [0.3, 0.4) is 0 Å². The molecule has 2 aromatic rings. The summed E-state index contributed by atoms with van der Waals surface area (Å²) in [6, 6.07) is 18.3. The van der Waals surface area contributed by atoms with Crippen LogP contribution in [0.15, 0.2) is 58.5 Å². The molecule has 346 valence electrons. The number of unbranched alkanes of at least 4 members (excludes halogenated alkanes) is 31. The van der Waals surface area contributed by atoms with Crippen molar-refractivity contribution in [3.63, 3.8) is 0 Å². The van der Waals surface area contributed by atoms with Gasteiger partial charge >= 0.3 is 0 Å². The van der Waals surface area contributed by atoms with Crippen LogP contribution < -0.4 is 0 Å². The van der Waals surface area contributed by atoms with Gasteiger partial charge in [0.15, 0.2) is 0 Å². The van der Waals surface area contributed by atoms with E-state index in [1.54, 1.807) is 0 Å². The zero-order chi connectivity index (χ0) is 42.1. The maximum absolute atomic E-state index is 5.31. The molecule has 0 fully saturated rings. The fraction of sp³-hybridized carbons (Fsp3) is 0.754. The van der Waals surface area contributed by atoms with Gasteiger partial charge in [0.2, 0.25) is 0 Å². The van der Waals surface area contributed by atoms with Gasteiger partial charge in [-0.3, -0.25) is 9.98 Å². The molecule has 0 radical (unpaired) electrons. The first kappa shape index (κ1) is 56.5. The first-order valence-electron chi connectivity index (χ1n) is 26.5. The Morgan fingerprint density at radius 1 is 0.283 bits per heavy atom. The van der Waals surface area contributed by atoms with Gasteiger partial charge in [-0.1, -0.05) is 251 Å². The summed E-state index contributed by atoms with van der Waals surface area (Å²) in [7, 11) is 0. The van der Waals surface area contributed by atoms with Crippen LogP contribution in [-0.2, 0) is 33.3 Å². The number of nitrogens with zero attached hydrogens (tertiary/aromatic N) is 2. The van der Waals surface area contributed by atoms with Crippen LogP contribution in [0, 0.1) is 0 Å². The third-order valence-corrected chi connectivity index (χ3v) is 12.7. The monoisotopic (exact) mass is 917 g/mol. The number of aryl methyl sites for hydroxylation is 2. The molecule has 0 aromatic heterocycles. The molecule has 0 unspecified atom stereocenters. The molecule has 0 spiro atoms. The van der Waals surface area contributed by atoms with E-state index in [1.165, 1.54) is 254 Å². The molecule has 0 amide bonds. The van der Waals surface area contributed by atoms with Crippen molar-refractivity contribution < 1.29 is 20.4 Å². The first-order valence-corrected chi connectivity index (χ1v) is 26.5. The smallest absolute Gasteiger partial charge is 0.0633 e. The standard InChI is InChI=1S/C57H98N2.Pd/c1-5-9-13-15-17-19-21-23-25-27-29-31-33-35-38-40-52-44-48-54(49-45-52)58-56(42-12-8-4)57(43-37-11-7-3)59-55-50-46-53(47-51-55)41-39-36-34-32-30-28-26-24-22-20-18-16-14-10-6-2;/h44-51H,5-43H2,1-4H3;/b58-56+,59-57+;. The number of rotatable bonds is 42. The molecule has 0 N–H and O–H groups in total. The minimum atomic E-state index is 0. The van der Waals surface area contributed by atoms with Gasteiger partial charge in [0.05, 0.1) is 22.8 Å². The van der Waals surface area contributed by atoms with E-state index in [1.807, 2.05) is 0 Å². The topological polar surface area (TPSA) is 24.7 Å². The van der Waals surface area contributed by atoms with E-state index in [9.17, 15) is 0 Å². The van der Waals surface area contributed by atoms with Crippen LogP contribution in [0.5, 0.6) is 0 Å². The van der Waals surface area contributed by atoms with E-state index < -0.39 is 0 Å². The molecule has 0 aliphatic rings. The Morgan fingerprint density at radius 2 is 0.517 bits per heavy atom. The molecule has 0 saturated carbocycles. The maximum atomic E-state index is 5.31. The second kappa shape index (κ2) is 42.7. The predicted octanol–water partition coefficient (Wildman–Crippen LogP) is 20.1. The molecule has 0 aliphatic heterocycles. The molecule has 60 heavy (non-hydrogen) atoms. The Labute approximate surface area is 388 Å². The van der Waals surface area contributed by atoms with Crippen molar-refractivity contribution in [3.05, 3.63) is 59.7 Å². The van der Waals surface area contributed by atoms with Gasteiger partial charge in [-0.2, -0.15) is 0 Å². The third-order valence-electron chi connectivity index (χ3n) is 12.7. The van der Waals surface area contributed by atoms with Gasteiger partial charge in [-0.05, 0) is 86.8 Å². The summed E-state index contributed by atoms with van der Waals surface area (Å²) in [5.41, 5.74) is 7.47. The molecular formula is C57H98N2Pd. The SMILES string of the molecule is CCCCCCCCCCCCCCCCCc1ccc(/N=C(CCCC)/C(CCCCC)=N/c2ccc(CCCCCCCCCCCCCCCCC)cc2)cc1.[Pd]. The number of aliphatic imine (C=N–C) groups is 2. The zero-order valence-corrected chi connectivity index (χ0v) is 42.0. The summed E-state index contributed by atoms with van der Waals surface area (Å²) in [6.45, 7) is 9.19. The summed E-state index contributed by atoms with van der Waals surface area (Å²) in [4.78, 5) is 10.6. The third kappa shape index (κ3) is 32.2. The first-order chi connectivity index (χ1) is 29.2. The Bertz CT molecular complexity index is 1250. The summed E-state index contributed by atoms with van der Waals surface area (Å²) in [6.07, 6.45) is 52.9. The second-order valence-corrected chi connectivity index (χ2v) is 18.4. The molecular weight excluding hydrogens is 819 g/mol. The normalized spacial score (nSPS) is 12.0. The van der Waals surface area contributed by atoms with Crippen molar-refractivity contribution >= 4 is 22.8 Å². The molecule has 0 aliphatic carbocycles. The second-order valence-electron chi connectivity index (χ2n) is 18.4. The van der Waals surface area contributed by atoms with Crippen molar-refractivity contribution in [1.82, 2.24) is 0 Å². The van der Waals surface area contributed by atoms with E-state index in [-0.39, 0.29) is 20.4 Å². The quantitative estimate of drug-likeness (QED) is 0.0360. The molecule has 3 heteroatoms. The van der Waals surface area contributed by atoms with Crippen LogP contribution in [0.1, 0.15) is 276 Å². The van der Waals surface area contributed by atoms with Crippen LogP contribution in [0.25, 0.3) is 0 Å². The van der Waals surface area contributed by atoms with E-state index in [0.717, 1.165) is 30.6 Å². The molecule has 0 heterocycles. The van der Waals surface area contributed by atoms with E-state index in [0.29, 0.717) is 0 Å². The molecule has 2 aromatic carbocycles. The number of benzene rings is 2. The van der Waals surface area contributed by atoms with Gasteiger partial charge in [0.1, 0.15) is 0 Å². The Kier molecular flexibility index (Phi) is 40.2. The molecule has 2 nitrogen and oxygen atoms in total. The number of hydrogen-bond donors (Lipinski definition) is 0. The van der Waals surface area contributed by atoms with Crippen molar-refractivity contribution in [2.24, 2.45) is 9.98 Å². The average molecular weight is 918 g/mol. The Hall–Kier alpha value is -1.56. The van der Waals surface area contributed by atoms with Crippen molar-refractivity contribution in [3.8, 4) is 0 Å². The van der Waals surface area contributed by atoms with Crippen LogP contribution in [-0.4, -0.2) is 11.4 Å². The minimum absolute atomic E-state index is 0. The van der Waals surface area contributed by atoms with E-state index in [4.69, 9.17) is 9.98 Å². The van der Waals surface area contributed by atoms with Crippen LogP contribution >= 0.6 is 0 Å². The fourth-order valence-corrected chi connectivity index (χ4v) is 8.60. The number of hydrogen-bond acceptors (Lipinski definition) is 2. The summed E-state index contributed by atoms with van der Waals surface area (Å²) in [5.74, 6) is 0. The summed E-state index contributed by atoms with van der Waals surface area (Å²) in [5, 5.41) is 0. The molecule has 0 bridgehead atoms. The Morgan fingerprint density at radius 3 is 0.800 bits per heavy atom. The largest absolute Gasteiger partial charge is 0.252 e. The van der Waals surface area contributed by atoms with Gasteiger partial charge in [-0.15, -0.1) is 0 Å². The van der Waals surface area contributed by atoms with Crippen molar-refractivity contribution in [1.29, 1.82) is 0 Å². The molecule has 0 saturated heterocycles. The van der Waals surface area contributed by atoms with Crippen LogP contribution in [0.2, 0.25) is 0 Å². The van der Waals surface area contributed by atoms with Crippen LogP contribution in [0.4, 0.5) is 11.4 Å². The Balaban J connectivity index is 0.0000180. The van der Waals surface area contributed by atoms with Gasteiger partial charge in [-0.25, -0.2) is 0 Å². The predicted molar refractivity (Wildman–Crippen MR) is 268 cm³/mol. The fourth-order valence-electron chi connectivity index (χ4n) is 8.60. The summed E-state index contributed by atoms with van der Waals surface area (Å²) >= 11 is 0. The van der Waals surface area contributed by atoms with E-state index >= 15 is 0 Å². The maximum Gasteiger partial charge on any atom is 0.0633 e. The molecule has 2 rings (SSSR count). The van der Waals surface area contributed by atoms with Gasteiger partial charge < -0.3 is 0 Å². The molecule has 0 atom stereocenters. The summed E-state index contributed by atoms with van der Waals surface area (Å²) < 4.78 is 0. The minimum Gasteiger partial charge on any atom is -0.252 e. The average Bonchev–Trinajstić information content (AvgIpc) is 3.26.